The highest BCUT2D eigenvalue weighted by Gasteiger charge is 2.41. The van der Waals surface area contributed by atoms with Crippen LogP contribution in [0, 0.1) is 12.8 Å². The zero-order valence-corrected chi connectivity index (χ0v) is 19.7. The van der Waals surface area contributed by atoms with Crippen LogP contribution in [0.1, 0.15) is 43.6 Å². The molecule has 4 heterocycles. The van der Waals surface area contributed by atoms with Crippen molar-refractivity contribution in [2.75, 3.05) is 45.2 Å². The van der Waals surface area contributed by atoms with E-state index in [4.69, 9.17) is 14.7 Å². The minimum absolute atomic E-state index is 0.303. The topological polar surface area (TPSA) is 70.6 Å². The van der Waals surface area contributed by atoms with Gasteiger partial charge in [0.15, 0.2) is 0 Å². The zero-order valence-electron chi connectivity index (χ0n) is 19.7. The second-order valence-corrected chi connectivity index (χ2v) is 9.23. The van der Waals surface area contributed by atoms with Crippen LogP contribution in [0.25, 0.3) is 11.3 Å². The number of hydrogen-bond acceptors (Lipinski definition) is 6. The molecular weight excluding hydrogens is 402 g/mol. The normalized spacial score (nSPS) is 24.2. The molecule has 1 N–H and O–H groups in total. The Morgan fingerprint density at radius 3 is 2.69 bits per heavy atom. The summed E-state index contributed by atoms with van der Waals surface area (Å²) in [5, 5.41) is 2.79. The molecule has 1 unspecified atom stereocenters. The van der Waals surface area contributed by atoms with E-state index in [1.807, 2.05) is 27.9 Å². The maximum atomic E-state index is 11.8. The molecule has 7 heteroatoms. The Bertz CT molecular complexity index is 930. The first kappa shape index (κ1) is 22.5. The highest BCUT2D eigenvalue weighted by atomic mass is 16.5. The number of carbonyl (C=O) groups is 1. The first-order valence-electron chi connectivity index (χ1n) is 11.7. The molecule has 0 aliphatic carbocycles. The Labute approximate surface area is 191 Å². The van der Waals surface area contributed by atoms with Crippen LogP contribution in [-0.2, 0) is 4.74 Å². The van der Waals surface area contributed by atoms with Gasteiger partial charge in [-0.2, -0.15) is 0 Å². The van der Waals surface area contributed by atoms with Gasteiger partial charge in [-0.05, 0) is 56.8 Å². The Balaban J connectivity index is 1.45. The lowest BCUT2D eigenvalue weighted by molar-refractivity contribution is -0.00346. The van der Waals surface area contributed by atoms with E-state index in [0.29, 0.717) is 31.0 Å². The second-order valence-electron chi connectivity index (χ2n) is 9.23. The number of aryl methyl sites for hydroxylation is 1. The molecule has 0 radical (unpaired) electrons. The van der Waals surface area contributed by atoms with Crippen molar-refractivity contribution in [1.29, 1.82) is 0 Å². The van der Waals surface area contributed by atoms with Gasteiger partial charge in [0.2, 0.25) is 0 Å². The summed E-state index contributed by atoms with van der Waals surface area (Å²) in [6, 6.07) is 11.0. The highest BCUT2D eigenvalue weighted by molar-refractivity contribution is 5.67. The Hall–Kier alpha value is -2.67. The monoisotopic (exact) mass is 437 g/mol. The smallest absolute Gasteiger partial charge is 0.407 e. The van der Waals surface area contributed by atoms with Crippen molar-refractivity contribution < 1.29 is 9.53 Å². The van der Waals surface area contributed by atoms with Crippen LogP contribution in [-0.4, -0.2) is 67.3 Å². The van der Waals surface area contributed by atoms with E-state index in [0.717, 1.165) is 48.7 Å². The second kappa shape index (κ2) is 9.86. The van der Waals surface area contributed by atoms with E-state index in [1.54, 1.807) is 0 Å². The molecule has 2 aromatic rings. The van der Waals surface area contributed by atoms with E-state index >= 15 is 0 Å². The summed E-state index contributed by atoms with van der Waals surface area (Å²) < 4.78 is 5.48. The molecule has 1 aromatic heterocycles. The zero-order chi connectivity index (χ0) is 22.7. The molecule has 3 saturated heterocycles. The molecular formula is C25H35N5O2. The molecule has 1 aromatic carbocycles. The van der Waals surface area contributed by atoms with Crippen LogP contribution in [0.4, 0.5) is 10.5 Å². The number of amides is 1. The molecule has 5 rings (SSSR count). The van der Waals surface area contributed by atoms with Gasteiger partial charge in [0.05, 0.1) is 5.69 Å². The number of hydrogen-bond donors (Lipinski definition) is 1. The predicted molar refractivity (Wildman–Crippen MR) is 127 cm³/mol. The Kier molecular flexibility index (Phi) is 6.94. The summed E-state index contributed by atoms with van der Waals surface area (Å²) in [5.74, 6) is 1.78. The summed E-state index contributed by atoms with van der Waals surface area (Å²) in [6.07, 6.45) is 2.82. The van der Waals surface area contributed by atoms with Crippen LogP contribution in [0.5, 0.6) is 0 Å². The number of nitrogens with zero attached hydrogens (tertiary/aromatic N) is 4. The molecule has 3 aliphatic heterocycles. The van der Waals surface area contributed by atoms with E-state index < -0.39 is 0 Å². The third-order valence-electron chi connectivity index (χ3n) is 6.72. The number of anilines is 1. The van der Waals surface area contributed by atoms with Crippen molar-refractivity contribution in [2.24, 2.45) is 5.92 Å². The van der Waals surface area contributed by atoms with Gasteiger partial charge in [-0.3, -0.25) is 4.90 Å². The van der Waals surface area contributed by atoms with Gasteiger partial charge in [0, 0.05) is 56.1 Å². The largest absolute Gasteiger partial charge is 0.448 e. The van der Waals surface area contributed by atoms with Crippen LogP contribution in [0.3, 0.4) is 0 Å². The lowest BCUT2D eigenvalue weighted by atomic mass is 9.74. The summed E-state index contributed by atoms with van der Waals surface area (Å²) in [5.41, 5.74) is 4.42. The van der Waals surface area contributed by atoms with Gasteiger partial charge in [-0.1, -0.05) is 19.1 Å². The fraction of sp³-hybridized carbons (Fsp3) is 0.560. The van der Waals surface area contributed by atoms with E-state index in [1.165, 1.54) is 12.1 Å². The number of rotatable bonds is 7. The quantitative estimate of drug-likeness (QED) is 0.710. The molecule has 0 spiro atoms. The molecule has 2 bridgehead atoms. The molecule has 7 nitrogen and oxygen atoms in total. The van der Waals surface area contributed by atoms with Gasteiger partial charge >= 0.3 is 6.09 Å². The first-order chi connectivity index (χ1) is 15.4. The van der Waals surface area contributed by atoms with E-state index in [2.05, 4.69) is 45.4 Å². The van der Waals surface area contributed by atoms with Gasteiger partial charge in [0.25, 0.3) is 0 Å². The molecule has 0 saturated carbocycles. The minimum Gasteiger partial charge on any atom is -0.448 e. The fourth-order valence-corrected chi connectivity index (χ4v) is 4.96. The number of aromatic nitrogens is 2. The van der Waals surface area contributed by atoms with Crippen molar-refractivity contribution in [3.05, 3.63) is 41.9 Å². The Morgan fingerprint density at radius 2 is 2.03 bits per heavy atom. The van der Waals surface area contributed by atoms with E-state index in [-0.39, 0.29) is 6.09 Å². The lowest BCUT2D eigenvalue weighted by Gasteiger charge is -2.49. The first-order valence-corrected chi connectivity index (χ1v) is 11.7. The molecule has 3 aliphatic rings. The van der Waals surface area contributed by atoms with Gasteiger partial charge in [-0.25, -0.2) is 14.8 Å². The maximum Gasteiger partial charge on any atom is 0.407 e. The third kappa shape index (κ3) is 5.04. The number of alkyl carbamates (subject to hydrolysis) is 1. The average Bonchev–Trinajstić information content (AvgIpc) is 2.81. The van der Waals surface area contributed by atoms with Crippen molar-refractivity contribution in [1.82, 2.24) is 20.2 Å². The van der Waals surface area contributed by atoms with Crippen LogP contribution >= 0.6 is 0 Å². The molecule has 1 amide bonds. The maximum absolute atomic E-state index is 11.8. The van der Waals surface area contributed by atoms with Crippen LogP contribution < -0.4 is 10.2 Å². The van der Waals surface area contributed by atoms with Crippen LogP contribution in [0.2, 0.25) is 0 Å². The predicted octanol–water partition coefficient (Wildman–Crippen LogP) is 3.83. The number of benzene rings is 1. The average molecular weight is 438 g/mol. The number of fused-ring (bicyclic) bond motifs is 3. The van der Waals surface area contributed by atoms with Gasteiger partial charge < -0.3 is 15.0 Å². The summed E-state index contributed by atoms with van der Waals surface area (Å²) in [6.45, 7) is 7.16. The fourth-order valence-electron chi connectivity index (χ4n) is 4.96. The standard InChI is InChI=1S/C25H35N5O2/c1-5-11-26-25(31)32-16-21-13-19-10-12-30(21)15-22(19)24-14-23(27-17(2)28-24)18-6-8-20(9-7-18)29(3)4/h6-9,14,19,21-22H,5,10-13,15-16H2,1-4H3,(H,26,31)/t19-,21-,22+/m1/s1. The van der Waals surface area contributed by atoms with Gasteiger partial charge in [-0.15, -0.1) is 0 Å². The molecule has 172 valence electrons. The molecule has 4 atom stereocenters. The number of carbonyl (C=O) groups excluding carboxylic acids is 1. The van der Waals surface area contributed by atoms with Crippen molar-refractivity contribution >= 4 is 11.8 Å². The summed E-state index contributed by atoms with van der Waals surface area (Å²) in [7, 11) is 4.09. The Morgan fingerprint density at radius 1 is 1.25 bits per heavy atom. The van der Waals surface area contributed by atoms with Gasteiger partial charge in [0.1, 0.15) is 12.4 Å². The number of nitrogens with one attached hydrogen (secondary N) is 1. The SMILES string of the molecule is CCCNC(=O)OC[C@H]1C[C@H]2CCN1C[C@@H]2c1cc(-c2ccc(N(C)C)cc2)nc(C)n1. The summed E-state index contributed by atoms with van der Waals surface area (Å²) in [4.78, 5) is 26.0. The van der Waals surface area contributed by atoms with Crippen LogP contribution in [0.15, 0.2) is 30.3 Å². The van der Waals surface area contributed by atoms with Crippen molar-refractivity contribution in [3.8, 4) is 11.3 Å². The number of ether oxygens (including phenoxy) is 1. The minimum atomic E-state index is -0.303. The van der Waals surface area contributed by atoms with Crippen molar-refractivity contribution in [3.63, 3.8) is 0 Å². The third-order valence-corrected chi connectivity index (χ3v) is 6.72. The molecule has 32 heavy (non-hydrogen) atoms. The van der Waals surface area contributed by atoms with E-state index in [9.17, 15) is 4.79 Å². The van der Waals surface area contributed by atoms with Crippen molar-refractivity contribution in [2.45, 2.75) is 45.1 Å². The lowest BCUT2D eigenvalue weighted by Crippen LogP contribution is -2.54. The highest BCUT2D eigenvalue weighted by Crippen LogP contribution is 2.42. The summed E-state index contributed by atoms with van der Waals surface area (Å²) >= 11 is 0. The molecule has 3 fully saturated rings. The number of piperidine rings is 3.